The van der Waals surface area contributed by atoms with Gasteiger partial charge in [0, 0.05) is 24.9 Å². The molecule has 1 aromatic heterocycles. The molecule has 1 N–H and O–H groups in total. The van der Waals surface area contributed by atoms with Crippen molar-refractivity contribution in [3.8, 4) is 0 Å². The summed E-state index contributed by atoms with van der Waals surface area (Å²) in [5.41, 5.74) is 0. The van der Waals surface area contributed by atoms with E-state index in [0.29, 0.717) is 6.54 Å². The maximum absolute atomic E-state index is 12.2. The maximum Gasteiger partial charge on any atom is 0.226 e. The summed E-state index contributed by atoms with van der Waals surface area (Å²) in [5.74, 6) is 1.44. The fourth-order valence-electron chi connectivity index (χ4n) is 2.67. The normalized spacial score (nSPS) is 32.5. The first-order valence-corrected chi connectivity index (χ1v) is 6.26. The summed E-state index contributed by atoms with van der Waals surface area (Å²) in [7, 11) is 0. The van der Waals surface area contributed by atoms with E-state index in [1.165, 1.54) is 0 Å². The van der Waals surface area contributed by atoms with Crippen LogP contribution in [0.2, 0.25) is 0 Å². The zero-order chi connectivity index (χ0) is 11.8. The molecule has 1 amide bonds. The predicted molar refractivity (Wildman–Crippen MR) is 61.4 cm³/mol. The number of rotatable bonds is 2. The zero-order valence-corrected chi connectivity index (χ0v) is 9.71. The van der Waals surface area contributed by atoms with Crippen LogP contribution in [0.15, 0.2) is 22.8 Å². The lowest BCUT2D eigenvalue weighted by Gasteiger charge is -2.30. The standard InChI is InChI=1S/C13H17NO3/c15-9-3-1-5-14(8-9)13(16)11-7-10(11)12-4-2-6-17-12/h2,4,6,9-11,15H,1,3,5,7-8H2. The van der Waals surface area contributed by atoms with Crippen molar-refractivity contribution < 1.29 is 14.3 Å². The van der Waals surface area contributed by atoms with Crippen LogP contribution >= 0.6 is 0 Å². The van der Waals surface area contributed by atoms with Gasteiger partial charge in [-0.1, -0.05) is 0 Å². The minimum Gasteiger partial charge on any atom is -0.469 e. The van der Waals surface area contributed by atoms with Gasteiger partial charge in [-0.3, -0.25) is 4.79 Å². The van der Waals surface area contributed by atoms with E-state index in [1.54, 1.807) is 6.26 Å². The molecule has 1 aromatic rings. The summed E-state index contributed by atoms with van der Waals surface area (Å²) in [5, 5.41) is 9.57. The first kappa shape index (κ1) is 10.8. The number of nitrogens with zero attached hydrogens (tertiary/aromatic N) is 1. The largest absolute Gasteiger partial charge is 0.469 e. The molecule has 17 heavy (non-hydrogen) atoms. The number of furan rings is 1. The van der Waals surface area contributed by atoms with Crippen molar-refractivity contribution in [3.05, 3.63) is 24.2 Å². The highest BCUT2D eigenvalue weighted by Crippen LogP contribution is 2.48. The summed E-state index contributed by atoms with van der Waals surface area (Å²) in [6.07, 6.45) is 3.92. The van der Waals surface area contributed by atoms with Crippen LogP contribution in [0.5, 0.6) is 0 Å². The monoisotopic (exact) mass is 235 g/mol. The van der Waals surface area contributed by atoms with Crippen LogP contribution in [0, 0.1) is 5.92 Å². The van der Waals surface area contributed by atoms with Crippen molar-refractivity contribution in [1.29, 1.82) is 0 Å². The van der Waals surface area contributed by atoms with Gasteiger partial charge in [0.25, 0.3) is 0 Å². The number of aliphatic hydroxyl groups excluding tert-OH is 1. The van der Waals surface area contributed by atoms with Crippen molar-refractivity contribution in [2.24, 2.45) is 5.92 Å². The summed E-state index contributed by atoms with van der Waals surface area (Å²) in [4.78, 5) is 14.0. The molecule has 2 fully saturated rings. The van der Waals surface area contributed by atoms with Crippen LogP contribution in [0.25, 0.3) is 0 Å². The van der Waals surface area contributed by atoms with Gasteiger partial charge in [-0.15, -0.1) is 0 Å². The summed E-state index contributed by atoms with van der Waals surface area (Å²) < 4.78 is 5.33. The number of aliphatic hydroxyl groups is 1. The van der Waals surface area contributed by atoms with Gasteiger partial charge in [0.15, 0.2) is 0 Å². The third kappa shape index (κ3) is 2.09. The Hall–Kier alpha value is -1.29. The van der Waals surface area contributed by atoms with Gasteiger partial charge < -0.3 is 14.4 Å². The Kier molecular flexibility index (Phi) is 2.67. The van der Waals surface area contributed by atoms with Gasteiger partial charge in [0.05, 0.1) is 12.4 Å². The molecule has 1 aliphatic heterocycles. The molecular weight excluding hydrogens is 218 g/mol. The Morgan fingerprint density at radius 1 is 1.53 bits per heavy atom. The second-order valence-electron chi connectivity index (χ2n) is 5.04. The molecule has 0 spiro atoms. The van der Waals surface area contributed by atoms with E-state index in [1.807, 2.05) is 17.0 Å². The minimum atomic E-state index is -0.339. The predicted octanol–water partition coefficient (Wildman–Crippen LogP) is 1.37. The lowest BCUT2D eigenvalue weighted by atomic mass is 10.1. The highest BCUT2D eigenvalue weighted by Gasteiger charge is 2.47. The molecule has 3 atom stereocenters. The van der Waals surface area contributed by atoms with E-state index in [0.717, 1.165) is 31.6 Å². The lowest BCUT2D eigenvalue weighted by Crippen LogP contribution is -2.43. The molecule has 4 heteroatoms. The van der Waals surface area contributed by atoms with Gasteiger partial charge in [-0.2, -0.15) is 0 Å². The van der Waals surface area contributed by atoms with Crippen molar-refractivity contribution in [2.45, 2.75) is 31.3 Å². The highest BCUT2D eigenvalue weighted by atomic mass is 16.3. The van der Waals surface area contributed by atoms with Crippen LogP contribution in [0.1, 0.15) is 30.9 Å². The van der Waals surface area contributed by atoms with E-state index in [4.69, 9.17) is 4.42 Å². The van der Waals surface area contributed by atoms with Gasteiger partial charge in [0.1, 0.15) is 5.76 Å². The number of hydrogen-bond acceptors (Lipinski definition) is 3. The van der Waals surface area contributed by atoms with Crippen LogP contribution < -0.4 is 0 Å². The second kappa shape index (κ2) is 4.18. The summed E-state index contributed by atoms with van der Waals surface area (Å²) in [6.45, 7) is 1.29. The smallest absolute Gasteiger partial charge is 0.226 e. The second-order valence-corrected chi connectivity index (χ2v) is 5.04. The third-order valence-electron chi connectivity index (χ3n) is 3.72. The first-order chi connectivity index (χ1) is 8.25. The van der Waals surface area contributed by atoms with Crippen LogP contribution in [-0.2, 0) is 4.79 Å². The van der Waals surface area contributed by atoms with Crippen LogP contribution in [0.4, 0.5) is 0 Å². The molecule has 3 unspecified atom stereocenters. The molecular formula is C13H17NO3. The summed E-state index contributed by atoms with van der Waals surface area (Å²) in [6, 6.07) is 3.79. The maximum atomic E-state index is 12.2. The van der Waals surface area contributed by atoms with Gasteiger partial charge in [0.2, 0.25) is 5.91 Å². The van der Waals surface area contributed by atoms with Crippen molar-refractivity contribution in [1.82, 2.24) is 4.90 Å². The molecule has 92 valence electrons. The minimum absolute atomic E-state index is 0.0754. The Bertz CT molecular complexity index is 401. The molecule has 3 rings (SSSR count). The highest BCUT2D eigenvalue weighted by molar-refractivity contribution is 5.83. The Morgan fingerprint density at radius 3 is 3.12 bits per heavy atom. The van der Waals surface area contributed by atoms with Crippen LogP contribution in [0.3, 0.4) is 0 Å². The molecule has 1 saturated heterocycles. The molecule has 2 aliphatic rings. The molecule has 2 heterocycles. The number of carbonyl (C=O) groups is 1. The van der Waals surface area contributed by atoms with E-state index >= 15 is 0 Å². The fraction of sp³-hybridized carbons (Fsp3) is 0.615. The van der Waals surface area contributed by atoms with Gasteiger partial charge in [-0.25, -0.2) is 0 Å². The number of amides is 1. The SMILES string of the molecule is O=C(C1CC1c1ccco1)N1CCCC(O)C1. The average molecular weight is 235 g/mol. The molecule has 0 radical (unpaired) electrons. The van der Waals surface area contributed by atoms with Crippen LogP contribution in [-0.4, -0.2) is 35.1 Å². The Morgan fingerprint density at radius 2 is 2.41 bits per heavy atom. The number of hydrogen-bond donors (Lipinski definition) is 1. The quantitative estimate of drug-likeness (QED) is 0.842. The zero-order valence-electron chi connectivity index (χ0n) is 9.71. The molecule has 0 bridgehead atoms. The number of β-amino-alcohol motifs (C(OH)–C–C–N with tert-alkyl or cyclic N) is 1. The van der Waals surface area contributed by atoms with E-state index in [-0.39, 0.29) is 23.8 Å². The van der Waals surface area contributed by atoms with Gasteiger partial charge >= 0.3 is 0 Å². The average Bonchev–Trinajstić information content (AvgIpc) is 2.94. The Labute approximate surface area is 100 Å². The molecule has 1 saturated carbocycles. The number of carbonyl (C=O) groups excluding carboxylic acids is 1. The molecule has 0 aromatic carbocycles. The van der Waals surface area contributed by atoms with E-state index in [9.17, 15) is 9.90 Å². The summed E-state index contributed by atoms with van der Waals surface area (Å²) >= 11 is 0. The topological polar surface area (TPSA) is 53.7 Å². The van der Waals surface area contributed by atoms with Crippen molar-refractivity contribution >= 4 is 5.91 Å². The number of likely N-dealkylation sites (tertiary alicyclic amines) is 1. The first-order valence-electron chi connectivity index (χ1n) is 6.26. The van der Waals surface area contributed by atoms with Gasteiger partial charge in [-0.05, 0) is 31.4 Å². The third-order valence-corrected chi connectivity index (χ3v) is 3.72. The molecule has 1 aliphatic carbocycles. The number of piperidine rings is 1. The molecule has 4 nitrogen and oxygen atoms in total. The lowest BCUT2D eigenvalue weighted by molar-refractivity contribution is -0.135. The van der Waals surface area contributed by atoms with E-state index in [2.05, 4.69) is 0 Å². The van der Waals surface area contributed by atoms with E-state index < -0.39 is 0 Å². The van der Waals surface area contributed by atoms with Crippen molar-refractivity contribution in [2.75, 3.05) is 13.1 Å². The fourth-order valence-corrected chi connectivity index (χ4v) is 2.67. The Balaban J connectivity index is 1.61. The van der Waals surface area contributed by atoms with Crippen molar-refractivity contribution in [3.63, 3.8) is 0 Å².